The summed E-state index contributed by atoms with van der Waals surface area (Å²) in [5.41, 5.74) is 2.58. The summed E-state index contributed by atoms with van der Waals surface area (Å²) in [4.78, 5) is 10.8. The molecular formula is C29H31ClO9S. The minimum Gasteiger partial charge on any atom is -0.494 e. The van der Waals surface area contributed by atoms with Gasteiger partial charge in [-0.15, -0.1) is 0 Å². The second-order valence-corrected chi connectivity index (χ2v) is 12.1. The molecular weight excluding hydrogens is 560 g/mol. The highest BCUT2D eigenvalue weighted by Gasteiger charge is 2.45. The third-order valence-corrected chi connectivity index (χ3v) is 8.89. The summed E-state index contributed by atoms with van der Waals surface area (Å²) in [5.74, 6) is -0.966. The predicted molar refractivity (Wildman–Crippen MR) is 147 cm³/mol. The van der Waals surface area contributed by atoms with Crippen molar-refractivity contribution in [1.82, 2.24) is 0 Å². The van der Waals surface area contributed by atoms with Crippen LogP contribution in [0.5, 0.6) is 5.75 Å². The zero-order valence-electron chi connectivity index (χ0n) is 21.7. The molecule has 0 saturated carbocycles. The summed E-state index contributed by atoms with van der Waals surface area (Å²) < 4.78 is 37.6. The molecule has 3 aromatic carbocycles. The molecule has 1 aliphatic rings. The summed E-state index contributed by atoms with van der Waals surface area (Å²) in [6.07, 6.45) is -7.12. The normalized spacial score (nSPS) is 23.1. The van der Waals surface area contributed by atoms with Crippen LogP contribution in [0.15, 0.2) is 71.6 Å². The Morgan fingerprint density at radius 2 is 1.57 bits per heavy atom. The molecule has 1 fully saturated rings. The van der Waals surface area contributed by atoms with E-state index in [0.717, 1.165) is 16.9 Å². The lowest BCUT2D eigenvalue weighted by molar-refractivity contribution is -0.218. The highest BCUT2D eigenvalue weighted by atomic mass is 35.5. The summed E-state index contributed by atoms with van der Waals surface area (Å²) >= 11 is 6.45. The number of aliphatic hydroxyl groups is 3. The van der Waals surface area contributed by atoms with Gasteiger partial charge < -0.3 is 29.9 Å². The van der Waals surface area contributed by atoms with E-state index in [-0.39, 0.29) is 11.3 Å². The summed E-state index contributed by atoms with van der Waals surface area (Å²) in [6.45, 7) is 2.46. The molecule has 0 bridgehead atoms. The number of carboxylic acids is 1. The Hall–Kier alpha value is -2.99. The molecule has 0 aliphatic carbocycles. The fourth-order valence-electron chi connectivity index (χ4n) is 4.66. The average Bonchev–Trinajstić information content (AvgIpc) is 2.91. The molecule has 0 unspecified atom stereocenters. The molecule has 214 valence electrons. The van der Waals surface area contributed by atoms with E-state index in [1.807, 2.05) is 31.2 Å². The van der Waals surface area contributed by atoms with Crippen molar-refractivity contribution in [3.63, 3.8) is 0 Å². The van der Waals surface area contributed by atoms with Gasteiger partial charge in [0.05, 0.1) is 23.7 Å². The van der Waals surface area contributed by atoms with Crippen molar-refractivity contribution >= 4 is 27.4 Å². The van der Waals surface area contributed by atoms with Crippen LogP contribution >= 0.6 is 11.6 Å². The van der Waals surface area contributed by atoms with Gasteiger partial charge in [0.1, 0.15) is 36.3 Å². The van der Waals surface area contributed by atoms with Gasteiger partial charge >= 0.3 is 5.97 Å². The first kappa shape index (κ1) is 30.0. The van der Waals surface area contributed by atoms with E-state index in [2.05, 4.69) is 0 Å². The quantitative estimate of drug-likeness (QED) is 0.279. The van der Waals surface area contributed by atoms with Crippen LogP contribution in [0.1, 0.15) is 35.3 Å². The van der Waals surface area contributed by atoms with Crippen LogP contribution < -0.4 is 4.74 Å². The number of aliphatic carboxylic acids is 1. The first-order valence-corrected chi connectivity index (χ1v) is 14.7. The lowest BCUT2D eigenvalue weighted by Crippen LogP contribution is -2.56. The van der Waals surface area contributed by atoms with Crippen molar-refractivity contribution in [2.45, 2.75) is 55.2 Å². The van der Waals surface area contributed by atoms with Gasteiger partial charge in [-0.2, -0.15) is 0 Å². The van der Waals surface area contributed by atoms with Gasteiger partial charge in [0.2, 0.25) is 0 Å². The van der Waals surface area contributed by atoms with E-state index in [9.17, 15) is 28.5 Å². The first-order chi connectivity index (χ1) is 19.0. The summed E-state index contributed by atoms with van der Waals surface area (Å²) in [5, 5.41) is 41.3. The second-order valence-electron chi connectivity index (χ2n) is 9.67. The number of ether oxygens (including phenoxy) is 2. The van der Waals surface area contributed by atoms with E-state index >= 15 is 0 Å². The van der Waals surface area contributed by atoms with Crippen molar-refractivity contribution in [1.29, 1.82) is 0 Å². The van der Waals surface area contributed by atoms with E-state index < -0.39 is 52.1 Å². The zero-order chi connectivity index (χ0) is 29.0. The Kier molecular flexibility index (Phi) is 9.50. The van der Waals surface area contributed by atoms with Gasteiger partial charge in [-0.25, -0.2) is 8.42 Å². The van der Waals surface area contributed by atoms with Crippen LogP contribution in [0.4, 0.5) is 0 Å². The van der Waals surface area contributed by atoms with Crippen LogP contribution in [0.3, 0.4) is 0 Å². The fraction of sp³-hybridized carbons (Fsp3) is 0.345. The van der Waals surface area contributed by atoms with Gasteiger partial charge in [0.25, 0.3) is 0 Å². The van der Waals surface area contributed by atoms with Gasteiger partial charge in [-0.05, 0) is 65.9 Å². The smallest absolute Gasteiger partial charge is 0.307 e. The van der Waals surface area contributed by atoms with E-state index in [1.165, 1.54) is 24.3 Å². The largest absolute Gasteiger partial charge is 0.494 e. The van der Waals surface area contributed by atoms with Gasteiger partial charge in [-0.3, -0.25) is 4.79 Å². The number of carbonyl (C=O) groups is 1. The van der Waals surface area contributed by atoms with Gasteiger partial charge in [-0.1, -0.05) is 48.0 Å². The standard InChI is InChI=1S/C29H31ClO9S/c1-2-38-21-8-3-17(4-9-21)13-20-15-19(7-12-23(20)30)29-28(35)27(34)26(33)24(39-29)16-40(36,37)22-10-5-18(6-11-22)14-25(31)32/h3-12,15,24,26-29,33-35H,2,13-14,16H2,1H3,(H,31,32)/t24-,26+,27-,28-,29+/m1/s1. The Balaban J connectivity index is 1.54. The molecule has 0 spiro atoms. The van der Waals surface area contributed by atoms with Crippen molar-refractivity contribution < 1.29 is 43.1 Å². The third-order valence-electron chi connectivity index (χ3n) is 6.76. The number of carboxylic acid groups (broad SMARTS) is 1. The summed E-state index contributed by atoms with van der Waals surface area (Å²) in [6, 6.07) is 17.9. The number of halogens is 1. The van der Waals surface area contributed by atoms with E-state index in [1.54, 1.807) is 18.2 Å². The van der Waals surface area contributed by atoms with Gasteiger partial charge in [0.15, 0.2) is 9.84 Å². The molecule has 4 N–H and O–H groups in total. The zero-order valence-corrected chi connectivity index (χ0v) is 23.3. The molecule has 0 radical (unpaired) electrons. The Morgan fingerprint density at radius 3 is 2.20 bits per heavy atom. The molecule has 1 saturated heterocycles. The number of rotatable bonds is 10. The average molecular weight is 591 g/mol. The van der Waals surface area contributed by atoms with Gasteiger partial charge in [0, 0.05) is 5.02 Å². The van der Waals surface area contributed by atoms with Crippen LogP contribution in [0.2, 0.25) is 5.02 Å². The Morgan fingerprint density at radius 1 is 0.925 bits per heavy atom. The molecule has 3 aromatic rings. The topological polar surface area (TPSA) is 151 Å². The van der Waals surface area contributed by atoms with Crippen LogP contribution in [0, 0.1) is 0 Å². The molecule has 1 aliphatic heterocycles. The summed E-state index contributed by atoms with van der Waals surface area (Å²) in [7, 11) is -4.00. The van der Waals surface area contributed by atoms with Crippen molar-refractivity contribution in [2.75, 3.05) is 12.4 Å². The molecule has 0 aromatic heterocycles. The number of aliphatic hydroxyl groups excluding tert-OH is 3. The molecule has 40 heavy (non-hydrogen) atoms. The van der Waals surface area contributed by atoms with Crippen LogP contribution in [-0.4, -0.2) is 71.6 Å². The number of benzene rings is 3. The first-order valence-electron chi connectivity index (χ1n) is 12.7. The monoisotopic (exact) mass is 590 g/mol. The van der Waals surface area contributed by atoms with Crippen molar-refractivity contribution in [2.24, 2.45) is 0 Å². The number of hydrogen-bond donors (Lipinski definition) is 4. The highest BCUT2D eigenvalue weighted by Crippen LogP contribution is 2.35. The fourth-order valence-corrected chi connectivity index (χ4v) is 6.30. The lowest BCUT2D eigenvalue weighted by Gasteiger charge is -2.41. The van der Waals surface area contributed by atoms with E-state index in [4.69, 9.17) is 26.2 Å². The van der Waals surface area contributed by atoms with Crippen molar-refractivity contribution in [3.8, 4) is 5.75 Å². The maximum absolute atomic E-state index is 13.1. The molecule has 11 heteroatoms. The maximum Gasteiger partial charge on any atom is 0.307 e. The van der Waals surface area contributed by atoms with Crippen molar-refractivity contribution in [3.05, 3.63) is 94.0 Å². The number of hydrogen-bond acceptors (Lipinski definition) is 8. The molecule has 9 nitrogen and oxygen atoms in total. The minimum absolute atomic E-state index is 0.0845. The predicted octanol–water partition coefficient (Wildman–Crippen LogP) is 2.95. The minimum atomic E-state index is -4.00. The van der Waals surface area contributed by atoms with Crippen LogP contribution in [0.25, 0.3) is 0 Å². The highest BCUT2D eigenvalue weighted by molar-refractivity contribution is 7.91. The molecule has 5 atom stereocenters. The molecule has 0 amide bonds. The molecule has 1 heterocycles. The SMILES string of the molecule is CCOc1ccc(Cc2cc([C@@H]3O[C@H](CS(=O)(=O)c4ccc(CC(=O)O)cc4)[C@H](O)[C@@H](O)[C@H]3O)ccc2Cl)cc1. The maximum atomic E-state index is 13.1. The second kappa shape index (κ2) is 12.7. The van der Waals surface area contributed by atoms with E-state index in [0.29, 0.717) is 29.2 Å². The van der Waals surface area contributed by atoms with Crippen LogP contribution in [-0.2, 0) is 32.2 Å². The Bertz CT molecular complexity index is 1420. The molecule has 4 rings (SSSR count). The number of sulfone groups is 1. The lowest BCUT2D eigenvalue weighted by atomic mass is 9.90. The third kappa shape index (κ3) is 7.01. The Labute approximate surface area is 237 Å².